The number of amides is 1. The lowest BCUT2D eigenvalue weighted by Gasteiger charge is -2.43. The number of nitrogens with one attached hydrogen (secondary N) is 1. The van der Waals surface area contributed by atoms with E-state index < -0.39 is 23.0 Å². The van der Waals surface area contributed by atoms with Crippen LogP contribution >= 0.6 is 0 Å². The Morgan fingerprint density at radius 3 is 2.61 bits per heavy atom. The summed E-state index contributed by atoms with van der Waals surface area (Å²) in [7, 11) is 0. The van der Waals surface area contributed by atoms with Crippen LogP contribution in [0.15, 0.2) is 36.5 Å². The van der Waals surface area contributed by atoms with Crippen LogP contribution in [0.5, 0.6) is 0 Å². The molecule has 0 saturated carbocycles. The van der Waals surface area contributed by atoms with Crippen molar-refractivity contribution in [2.45, 2.75) is 63.8 Å². The maximum Gasteiger partial charge on any atom is 0.420 e. The summed E-state index contributed by atoms with van der Waals surface area (Å²) in [6, 6.07) is 8.07. The van der Waals surface area contributed by atoms with Crippen molar-refractivity contribution in [3.63, 3.8) is 0 Å². The minimum absolute atomic E-state index is 0.0291. The van der Waals surface area contributed by atoms with Gasteiger partial charge in [0.25, 0.3) is 0 Å². The number of pyridine rings is 1. The Bertz CT molecular complexity index is 1520. The van der Waals surface area contributed by atoms with Crippen LogP contribution in [0.3, 0.4) is 0 Å². The molecule has 3 aromatic rings. The van der Waals surface area contributed by atoms with Gasteiger partial charge >= 0.3 is 6.18 Å². The number of alkyl halides is 3. The molecule has 2 aromatic heterocycles. The van der Waals surface area contributed by atoms with Crippen molar-refractivity contribution < 1.29 is 27.1 Å². The third kappa shape index (κ3) is 5.96. The highest BCUT2D eigenvalue weighted by Crippen LogP contribution is 2.45. The first-order valence-corrected chi connectivity index (χ1v) is 15.3. The minimum Gasteiger partial charge on any atom is -0.379 e. The molecule has 2 saturated heterocycles. The van der Waals surface area contributed by atoms with Gasteiger partial charge in [0, 0.05) is 56.3 Å². The minimum atomic E-state index is -4.61. The highest BCUT2D eigenvalue weighted by atomic mass is 19.4. The molecule has 1 aromatic carbocycles. The van der Waals surface area contributed by atoms with Gasteiger partial charge in [-0.2, -0.15) is 18.3 Å². The molecule has 0 spiro atoms. The number of morpholine rings is 1. The number of piperazine rings is 1. The van der Waals surface area contributed by atoms with Gasteiger partial charge in [-0.3, -0.25) is 14.6 Å². The fourth-order valence-corrected chi connectivity index (χ4v) is 6.99. The second-order valence-corrected chi connectivity index (χ2v) is 13.2. The molecule has 2 fully saturated rings. The summed E-state index contributed by atoms with van der Waals surface area (Å²) in [5.41, 5.74) is 0.686. The van der Waals surface area contributed by atoms with Gasteiger partial charge in [-0.25, -0.2) is 8.91 Å². The third-order valence-electron chi connectivity index (χ3n) is 9.25. The Morgan fingerprint density at radius 1 is 1.16 bits per heavy atom. The molecular formula is C32H40F4N6O2. The van der Waals surface area contributed by atoms with E-state index in [9.17, 15) is 22.4 Å². The van der Waals surface area contributed by atoms with E-state index in [1.165, 1.54) is 16.6 Å². The van der Waals surface area contributed by atoms with E-state index in [-0.39, 0.29) is 36.5 Å². The summed E-state index contributed by atoms with van der Waals surface area (Å²) in [6.45, 7) is 13.2. The van der Waals surface area contributed by atoms with Gasteiger partial charge in [0.2, 0.25) is 5.91 Å². The monoisotopic (exact) mass is 616 g/mol. The van der Waals surface area contributed by atoms with Crippen LogP contribution < -0.4 is 10.2 Å². The Morgan fingerprint density at radius 2 is 1.91 bits per heavy atom. The number of rotatable bonds is 6. The topological polar surface area (TPSA) is 65.4 Å². The highest BCUT2D eigenvalue weighted by molar-refractivity contribution is 5.98. The number of hydrogen-bond donors (Lipinski definition) is 1. The number of aromatic nitrogens is 2. The Labute approximate surface area is 254 Å². The van der Waals surface area contributed by atoms with Crippen LogP contribution in [-0.4, -0.2) is 95.9 Å². The normalized spacial score (nSPS) is 24.6. The van der Waals surface area contributed by atoms with E-state index in [0.717, 1.165) is 25.8 Å². The van der Waals surface area contributed by atoms with Crippen molar-refractivity contribution in [2.75, 3.05) is 57.4 Å². The molecule has 0 unspecified atom stereocenters. The molecule has 3 aliphatic heterocycles. The van der Waals surface area contributed by atoms with Gasteiger partial charge in [-0.05, 0) is 49.6 Å². The van der Waals surface area contributed by atoms with E-state index in [1.807, 2.05) is 13.8 Å². The average Bonchev–Trinajstić information content (AvgIpc) is 3.52. The zero-order chi connectivity index (χ0) is 31.4. The van der Waals surface area contributed by atoms with E-state index in [0.29, 0.717) is 54.9 Å². The van der Waals surface area contributed by atoms with Crippen LogP contribution in [-0.2, 0) is 27.5 Å². The lowest BCUT2D eigenvalue weighted by atomic mass is 9.90. The van der Waals surface area contributed by atoms with E-state index in [2.05, 4.69) is 34.1 Å². The number of carbonyl (C=O) groups excluding carboxylic acids is 1. The number of hydrogen-bond acceptors (Lipinski definition) is 6. The SMILES string of the molecule is C[C@@H]1CN(CC(=O)N2CC(C)(C)c3c2cc(Cc2ccc(F)cc2)c2c(C(F)(F)F)cnn32)[C@@H](CN2CCOC[C@H]2C)CN1. The first kappa shape index (κ1) is 30.9. The van der Waals surface area contributed by atoms with Crippen LogP contribution in [0.4, 0.5) is 23.2 Å². The van der Waals surface area contributed by atoms with Crippen LogP contribution in [0, 0.1) is 5.82 Å². The molecule has 8 nitrogen and oxygen atoms in total. The molecule has 1 amide bonds. The number of fused-ring (bicyclic) bond motifs is 3. The lowest BCUT2D eigenvalue weighted by molar-refractivity contribution is -0.136. The maximum absolute atomic E-state index is 14.2. The lowest BCUT2D eigenvalue weighted by Crippen LogP contribution is -2.62. The van der Waals surface area contributed by atoms with Crippen molar-refractivity contribution >= 4 is 17.1 Å². The molecule has 0 radical (unpaired) electrons. The molecule has 3 atom stereocenters. The number of carbonyl (C=O) groups is 1. The summed E-state index contributed by atoms with van der Waals surface area (Å²) in [5, 5.41) is 7.79. The van der Waals surface area contributed by atoms with Gasteiger partial charge in [-0.15, -0.1) is 0 Å². The molecule has 5 heterocycles. The zero-order valence-electron chi connectivity index (χ0n) is 25.6. The quantitative estimate of drug-likeness (QED) is 0.421. The van der Waals surface area contributed by atoms with E-state index in [4.69, 9.17) is 4.74 Å². The standard InChI is InChI=1S/C32H40F4N6O2/c1-20-15-40(25(13-37-20)16-39-9-10-44-18-21(39)2)17-28(43)41-19-31(3,4)30-27(41)12-23(11-22-5-7-24(33)8-6-22)29-26(32(34,35)36)14-38-42(29)30/h5-8,12,14,20-21,25,37H,9-11,13,15-19H2,1-4H3/t20-,21-,25-/m1/s1. The van der Waals surface area contributed by atoms with Crippen LogP contribution in [0.1, 0.15) is 50.1 Å². The second-order valence-electron chi connectivity index (χ2n) is 13.2. The number of halogens is 4. The van der Waals surface area contributed by atoms with Crippen molar-refractivity contribution in [3.05, 3.63) is 64.7 Å². The predicted molar refractivity (Wildman–Crippen MR) is 159 cm³/mol. The summed E-state index contributed by atoms with van der Waals surface area (Å²) < 4.78 is 63.2. The van der Waals surface area contributed by atoms with Gasteiger partial charge in [-0.1, -0.05) is 26.0 Å². The number of nitrogens with zero attached hydrogens (tertiary/aromatic N) is 5. The molecular weight excluding hydrogens is 576 g/mol. The summed E-state index contributed by atoms with van der Waals surface area (Å²) in [4.78, 5) is 20.5. The Balaban J connectivity index is 1.35. The van der Waals surface area contributed by atoms with Gasteiger partial charge in [0.05, 0.1) is 42.9 Å². The molecule has 3 aliphatic rings. The fraction of sp³-hybridized carbons (Fsp3) is 0.562. The maximum atomic E-state index is 14.2. The highest BCUT2D eigenvalue weighted by Gasteiger charge is 2.44. The van der Waals surface area contributed by atoms with E-state index >= 15 is 0 Å². The molecule has 0 aliphatic carbocycles. The Kier molecular flexibility index (Phi) is 8.23. The van der Waals surface area contributed by atoms with Crippen LogP contribution in [0.25, 0.3) is 5.52 Å². The summed E-state index contributed by atoms with van der Waals surface area (Å²) in [5.74, 6) is -0.517. The molecule has 0 bridgehead atoms. The van der Waals surface area contributed by atoms with Crippen molar-refractivity contribution in [1.82, 2.24) is 24.7 Å². The van der Waals surface area contributed by atoms with E-state index in [1.54, 1.807) is 23.1 Å². The van der Waals surface area contributed by atoms with Crippen molar-refractivity contribution in [3.8, 4) is 0 Å². The third-order valence-corrected chi connectivity index (χ3v) is 9.25. The molecule has 1 N–H and O–H groups in total. The molecule has 6 rings (SSSR count). The number of anilines is 1. The zero-order valence-corrected chi connectivity index (χ0v) is 25.6. The number of ether oxygens (including phenoxy) is 1. The molecule has 44 heavy (non-hydrogen) atoms. The molecule has 238 valence electrons. The van der Waals surface area contributed by atoms with Crippen LogP contribution in [0.2, 0.25) is 0 Å². The Hall–Kier alpha value is -3.06. The average molecular weight is 617 g/mol. The first-order valence-electron chi connectivity index (χ1n) is 15.3. The molecule has 12 heteroatoms. The van der Waals surface area contributed by atoms with Crippen molar-refractivity contribution in [2.24, 2.45) is 0 Å². The van der Waals surface area contributed by atoms with Gasteiger partial charge < -0.3 is 15.0 Å². The summed E-state index contributed by atoms with van der Waals surface area (Å²) >= 11 is 0. The largest absolute Gasteiger partial charge is 0.420 e. The second kappa shape index (κ2) is 11.7. The van der Waals surface area contributed by atoms with Crippen molar-refractivity contribution in [1.29, 1.82) is 0 Å². The number of benzene rings is 1. The van der Waals surface area contributed by atoms with Gasteiger partial charge in [0.15, 0.2) is 0 Å². The van der Waals surface area contributed by atoms with Gasteiger partial charge in [0.1, 0.15) is 11.4 Å². The smallest absolute Gasteiger partial charge is 0.379 e. The fourth-order valence-electron chi connectivity index (χ4n) is 6.99. The first-order chi connectivity index (χ1) is 20.8. The summed E-state index contributed by atoms with van der Waals surface area (Å²) in [6.07, 6.45) is -3.62. The predicted octanol–water partition coefficient (Wildman–Crippen LogP) is 4.09.